The molecule has 1 fully saturated rings. The summed E-state index contributed by atoms with van der Waals surface area (Å²) in [5, 5.41) is 0.506. The molecule has 1 heterocycles. The van der Waals surface area contributed by atoms with Crippen LogP contribution in [-0.4, -0.2) is 9.97 Å². The van der Waals surface area contributed by atoms with Crippen molar-refractivity contribution >= 4 is 27.5 Å². The first kappa shape index (κ1) is 13.1. The molecular formula is C15H14BrClN2. The molecule has 0 amide bonds. The van der Waals surface area contributed by atoms with Gasteiger partial charge in [-0.3, -0.25) is 0 Å². The van der Waals surface area contributed by atoms with E-state index in [-0.39, 0.29) is 0 Å². The Kier molecular flexibility index (Phi) is 3.59. The molecule has 0 bridgehead atoms. The number of halogens is 2. The van der Waals surface area contributed by atoms with Crippen LogP contribution >= 0.6 is 27.5 Å². The van der Waals surface area contributed by atoms with E-state index in [2.05, 4.69) is 57.1 Å². The van der Waals surface area contributed by atoms with E-state index < -0.39 is 0 Å². The molecule has 19 heavy (non-hydrogen) atoms. The Bertz CT molecular complexity index is 606. The van der Waals surface area contributed by atoms with Gasteiger partial charge in [0.25, 0.3) is 0 Å². The molecule has 0 radical (unpaired) electrons. The van der Waals surface area contributed by atoms with E-state index >= 15 is 0 Å². The maximum Gasteiger partial charge on any atom is 0.161 e. The minimum Gasteiger partial charge on any atom is -0.231 e. The lowest BCUT2D eigenvalue weighted by Crippen LogP contribution is -1.97. The van der Waals surface area contributed by atoms with Crippen molar-refractivity contribution < 1.29 is 0 Å². The van der Waals surface area contributed by atoms with E-state index in [0.29, 0.717) is 11.1 Å². The first-order valence-electron chi connectivity index (χ1n) is 6.51. The highest BCUT2D eigenvalue weighted by Gasteiger charge is 2.29. The summed E-state index contributed by atoms with van der Waals surface area (Å²) in [5.41, 5.74) is 3.39. The van der Waals surface area contributed by atoms with Crippen LogP contribution < -0.4 is 0 Å². The Balaban J connectivity index is 2.03. The zero-order valence-electron chi connectivity index (χ0n) is 10.7. The highest BCUT2D eigenvalue weighted by atomic mass is 79.9. The van der Waals surface area contributed by atoms with E-state index in [1.807, 2.05) is 0 Å². The summed E-state index contributed by atoms with van der Waals surface area (Å²) in [6, 6.07) is 8.36. The fraction of sp³-hybridized carbons (Fsp3) is 0.333. The highest BCUT2D eigenvalue weighted by molar-refractivity contribution is 9.10. The van der Waals surface area contributed by atoms with Crippen LogP contribution in [0.4, 0.5) is 0 Å². The second-order valence-corrected chi connectivity index (χ2v) is 6.01. The molecule has 0 unspecified atom stereocenters. The van der Waals surface area contributed by atoms with E-state index in [9.17, 15) is 0 Å². The molecule has 2 aromatic rings. The molecule has 0 spiro atoms. The average molecular weight is 338 g/mol. The lowest BCUT2D eigenvalue weighted by molar-refractivity contribution is 0.979. The molecule has 1 saturated carbocycles. The van der Waals surface area contributed by atoms with Crippen molar-refractivity contribution in [2.45, 2.75) is 32.1 Å². The molecule has 1 aliphatic rings. The fourth-order valence-electron chi connectivity index (χ4n) is 2.08. The zero-order chi connectivity index (χ0) is 13.4. The van der Waals surface area contributed by atoms with Gasteiger partial charge in [0.1, 0.15) is 5.15 Å². The van der Waals surface area contributed by atoms with E-state index in [1.54, 1.807) is 0 Å². The highest BCUT2D eigenvalue weighted by Crippen LogP contribution is 2.44. The molecule has 98 valence electrons. The molecule has 3 rings (SSSR count). The van der Waals surface area contributed by atoms with Crippen LogP contribution in [0.2, 0.25) is 5.15 Å². The largest absolute Gasteiger partial charge is 0.231 e. The van der Waals surface area contributed by atoms with Crippen LogP contribution in [0.3, 0.4) is 0 Å². The van der Waals surface area contributed by atoms with Gasteiger partial charge in [0.15, 0.2) is 5.82 Å². The van der Waals surface area contributed by atoms with Gasteiger partial charge in [-0.25, -0.2) is 9.97 Å². The molecule has 4 heteroatoms. The Labute approximate surface area is 126 Å². The van der Waals surface area contributed by atoms with Crippen LogP contribution in [0, 0.1) is 0 Å². The fourth-order valence-corrected chi connectivity index (χ4v) is 2.76. The summed E-state index contributed by atoms with van der Waals surface area (Å²) < 4.78 is 0.852. The minimum absolute atomic E-state index is 0.506. The molecular weight excluding hydrogens is 324 g/mol. The minimum atomic E-state index is 0.506. The monoisotopic (exact) mass is 336 g/mol. The SMILES string of the molecule is CCc1ccc(-c2nc(Cl)c(Br)c(C3CC3)n2)cc1. The van der Waals surface area contributed by atoms with Gasteiger partial charge in [-0.1, -0.05) is 42.8 Å². The maximum absolute atomic E-state index is 6.20. The van der Waals surface area contributed by atoms with Crippen molar-refractivity contribution in [3.8, 4) is 11.4 Å². The normalized spacial score (nSPS) is 14.7. The molecule has 1 aliphatic carbocycles. The Morgan fingerprint density at radius 3 is 2.47 bits per heavy atom. The van der Waals surface area contributed by atoms with Crippen molar-refractivity contribution in [2.75, 3.05) is 0 Å². The zero-order valence-corrected chi connectivity index (χ0v) is 13.0. The molecule has 0 N–H and O–H groups in total. The van der Waals surface area contributed by atoms with E-state index in [0.717, 1.165) is 28.0 Å². The number of hydrogen-bond acceptors (Lipinski definition) is 2. The molecule has 1 aromatic carbocycles. The summed E-state index contributed by atoms with van der Waals surface area (Å²) in [5.74, 6) is 1.27. The second-order valence-electron chi connectivity index (χ2n) is 4.86. The van der Waals surface area contributed by atoms with Crippen LogP contribution in [0.25, 0.3) is 11.4 Å². The van der Waals surface area contributed by atoms with Crippen molar-refractivity contribution in [2.24, 2.45) is 0 Å². The number of hydrogen-bond donors (Lipinski definition) is 0. The van der Waals surface area contributed by atoms with Crippen molar-refractivity contribution in [1.82, 2.24) is 9.97 Å². The first-order valence-corrected chi connectivity index (χ1v) is 7.68. The number of nitrogens with zero attached hydrogens (tertiary/aromatic N) is 2. The summed E-state index contributed by atoms with van der Waals surface area (Å²) in [4.78, 5) is 9.06. The van der Waals surface area contributed by atoms with Crippen molar-refractivity contribution in [3.05, 3.63) is 45.1 Å². The van der Waals surface area contributed by atoms with Gasteiger partial charge in [-0.05, 0) is 40.8 Å². The third kappa shape index (κ3) is 2.67. The van der Waals surface area contributed by atoms with Crippen LogP contribution in [0.1, 0.15) is 36.9 Å². The number of benzene rings is 1. The Morgan fingerprint density at radius 2 is 1.89 bits per heavy atom. The summed E-state index contributed by atoms with van der Waals surface area (Å²) >= 11 is 9.69. The number of rotatable bonds is 3. The summed E-state index contributed by atoms with van der Waals surface area (Å²) in [7, 11) is 0. The predicted octanol–water partition coefficient (Wildman–Crippen LogP) is 5.00. The van der Waals surface area contributed by atoms with Crippen LogP contribution in [0.5, 0.6) is 0 Å². The first-order chi connectivity index (χ1) is 9.19. The third-order valence-electron chi connectivity index (χ3n) is 3.42. The van der Waals surface area contributed by atoms with Gasteiger partial charge >= 0.3 is 0 Å². The van der Waals surface area contributed by atoms with Crippen molar-refractivity contribution in [3.63, 3.8) is 0 Å². The molecule has 1 aromatic heterocycles. The standard InChI is InChI=1S/C15H14BrClN2/c1-2-9-3-5-11(6-4-9)15-18-13(10-7-8-10)12(16)14(17)19-15/h3-6,10H,2,7-8H2,1H3. The topological polar surface area (TPSA) is 25.8 Å². The molecule has 0 atom stereocenters. The number of aryl methyl sites for hydroxylation is 1. The lowest BCUT2D eigenvalue weighted by Gasteiger charge is -2.08. The van der Waals surface area contributed by atoms with Gasteiger partial charge in [0.05, 0.1) is 10.2 Å². The van der Waals surface area contributed by atoms with Crippen molar-refractivity contribution in [1.29, 1.82) is 0 Å². The second kappa shape index (κ2) is 5.22. The number of aromatic nitrogens is 2. The molecule has 0 aliphatic heterocycles. The van der Waals surface area contributed by atoms with Crippen LogP contribution in [0.15, 0.2) is 28.7 Å². The smallest absolute Gasteiger partial charge is 0.161 e. The Hall–Kier alpha value is -0.930. The van der Waals surface area contributed by atoms with Gasteiger partial charge in [-0.2, -0.15) is 0 Å². The third-order valence-corrected chi connectivity index (χ3v) is 4.70. The van der Waals surface area contributed by atoms with Crippen LogP contribution in [-0.2, 0) is 6.42 Å². The quantitative estimate of drug-likeness (QED) is 0.737. The maximum atomic E-state index is 6.20. The van der Waals surface area contributed by atoms with Gasteiger partial charge in [0, 0.05) is 11.5 Å². The predicted molar refractivity (Wildman–Crippen MR) is 81.5 cm³/mol. The van der Waals surface area contributed by atoms with Gasteiger partial charge in [-0.15, -0.1) is 0 Å². The summed E-state index contributed by atoms with van der Waals surface area (Å²) in [6.45, 7) is 2.15. The van der Waals surface area contributed by atoms with E-state index in [4.69, 9.17) is 11.6 Å². The molecule has 2 nitrogen and oxygen atoms in total. The summed E-state index contributed by atoms with van der Waals surface area (Å²) in [6.07, 6.45) is 3.43. The lowest BCUT2D eigenvalue weighted by atomic mass is 10.1. The molecule has 0 saturated heterocycles. The van der Waals surface area contributed by atoms with Gasteiger partial charge in [0.2, 0.25) is 0 Å². The Morgan fingerprint density at radius 1 is 1.21 bits per heavy atom. The average Bonchev–Trinajstić information content (AvgIpc) is 3.26. The van der Waals surface area contributed by atoms with Gasteiger partial charge < -0.3 is 0 Å². The van der Waals surface area contributed by atoms with E-state index in [1.165, 1.54) is 18.4 Å².